The zero-order chi connectivity index (χ0) is 16.2. The average Bonchev–Trinajstić information content (AvgIpc) is 2.98. The molecule has 7 heteroatoms. The number of urea groups is 1. The summed E-state index contributed by atoms with van der Waals surface area (Å²) >= 11 is 6.03. The first-order valence-corrected chi connectivity index (χ1v) is 8.32. The van der Waals surface area contributed by atoms with Crippen molar-refractivity contribution in [3.63, 3.8) is 0 Å². The number of carbonyl (C=O) groups excluding carboxylic acids is 2. The highest BCUT2D eigenvalue weighted by molar-refractivity contribution is 6.30. The molecule has 2 fully saturated rings. The molecule has 2 aliphatic heterocycles. The number of carbonyl (C=O) groups is 2. The molecule has 0 unspecified atom stereocenters. The van der Waals surface area contributed by atoms with Crippen molar-refractivity contribution in [1.29, 1.82) is 0 Å². The van der Waals surface area contributed by atoms with Gasteiger partial charge in [-0.1, -0.05) is 17.7 Å². The molecule has 3 amide bonds. The second-order valence-corrected chi connectivity index (χ2v) is 6.51. The van der Waals surface area contributed by atoms with Gasteiger partial charge < -0.3 is 20.9 Å². The molecule has 2 atom stereocenters. The fourth-order valence-electron chi connectivity index (χ4n) is 3.05. The fraction of sp³-hybridized carbons (Fsp3) is 0.500. The van der Waals surface area contributed by atoms with Crippen LogP contribution < -0.4 is 20.9 Å². The number of hydrogen-bond acceptors (Lipinski definition) is 3. The summed E-state index contributed by atoms with van der Waals surface area (Å²) in [5.41, 5.74) is 1.08. The van der Waals surface area contributed by atoms with Crippen LogP contribution >= 0.6 is 11.6 Å². The molecule has 0 spiro atoms. The second-order valence-electron chi connectivity index (χ2n) is 6.07. The van der Waals surface area contributed by atoms with Gasteiger partial charge in [0.2, 0.25) is 5.91 Å². The Bertz CT molecular complexity index is 585. The van der Waals surface area contributed by atoms with Crippen LogP contribution in [0.1, 0.15) is 19.3 Å². The van der Waals surface area contributed by atoms with E-state index in [-0.39, 0.29) is 24.0 Å². The Kier molecular flexibility index (Phi) is 4.91. The highest BCUT2D eigenvalue weighted by Gasteiger charge is 2.25. The van der Waals surface area contributed by atoms with Crippen molar-refractivity contribution < 1.29 is 9.59 Å². The van der Waals surface area contributed by atoms with E-state index < -0.39 is 0 Å². The van der Waals surface area contributed by atoms with Crippen molar-refractivity contribution in [1.82, 2.24) is 16.0 Å². The lowest BCUT2D eigenvalue weighted by Crippen LogP contribution is -2.52. The van der Waals surface area contributed by atoms with Gasteiger partial charge in [0, 0.05) is 48.8 Å². The summed E-state index contributed by atoms with van der Waals surface area (Å²) in [5.74, 6) is 0.0522. The first kappa shape index (κ1) is 15.9. The predicted molar refractivity (Wildman–Crippen MR) is 89.8 cm³/mol. The Hall–Kier alpha value is -1.95. The first-order chi connectivity index (χ1) is 11.1. The second kappa shape index (κ2) is 7.08. The Balaban J connectivity index is 1.46. The standard InChI is InChI=1S/C16H21ClN4O2/c17-11-2-1-3-14(8-11)21-7-6-13(10-21)20-16(23)19-12-4-5-15(22)18-9-12/h1-3,8,12-13H,4-7,9-10H2,(H,18,22)(H2,19,20,23)/t12-,13+/m0/s1. The quantitative estimate of drug-likeness (QED) is 0.783. The van der Waals surface area contributed by atoms with Crippen molar-refractivity contribution in [2.45, 2.75) is 31.3 Å². The predicted octanol–water partition coefficient (Wildman–Crippen LogP) is 1.50. The number of anilines is 1. The van der Waals surface area contributed by atoms with E-state index in [1.54, 1.807) is 0 Å². The third-order valence-corrected chi connectivity index (χ3v) is 4.53. The normalized spacial score (nSPS) is 24.2. The number of rotatable bonds is 3. The summed E-state index contributed by atoms with van der Waals surface area (Å²) in [6.07, 6.45) is 2.07. The lowest BCUT2D eigenvalue weighted by atomic mass is 10.1. The van der Waals surface area contributed by atoms with Crippen molar-refractivity contribution in [3.05, 3.63) is 29.3 Å². The fourth-order valence-corrected chi connectivity index (χ4v) is 3.24. The van der Waals surface area contributed by atoms with Gasteiger partial charge in [0.25, 0.3) is 0 Å². The van der Waals surface area contributed by atoms with E-state index in [4.69, 9.17) is 11.6 Å². The van der Waals surface area contributed by atoms with Gasteiger partial charge in [0.15, 0.2) is 0 Å². The van der Waals surface area contributed by atoms with Crippen LogP contribution in [0.2, 0.25) is 5.02 Å². The summed E-state index contributed by atoms with van der Waals surface area (Å²) in [4.78, 5) is 25.4. The summed E-state index contributed by atoms with van der Waals surface area (Å²) in [6, 6.07) is 7.72. The van der Waals surface area contributed by atoms with E-state index in [1.165, 1.54) is 0 Å². The van der Waals surface area contributed by atoms with Crippen molar-refractivity contribution in [2.24, 2.45) is 0 Å². The molecule has 23 heavy (non-hydrogen) atoms. The van der Waals surface area contributed by atoms with E-state index >= 15 is 0 Å². The third-order valence-electron chi connectivity index (χ3n) is 4.30. The summed E-state index contributed by atoms with van der Waals surface area (Å²) < 4.78 is 0. The summed E-state index contributed by atoms with van der Waals surface area (Å²) in [5, 5.41) is 9.42. The topological polar surface area (TPSA) is 73.5 Å². The molecule has 2 heterocycles. The average molecular weight is 337 g/mol. The van der Waals surface area contributed by atoms with Gasteiger partial charge in [-0.2, -0.15) is 0 Å². The van der Waals surface area contributed by atoms with Crippen LogP contribution in [0.4, 0.5) is 10.5 Å². The maximum Gasteiger partial charge on any atom is 0.315 e. The third kappa shape index (κ3) is 4.28. The lowest BCUT2D eigenvalue weighted by molar-refractivity contribution is -0.122. The minimum absolute atomic E-state index is 0.0122. The molecule has 0 radical (unpaired) electrons. The van der Waals surface area contributed by atoms with Crippen molar-refractivity contribution in [3.8, 4) is 0 Å². The van der Waals surface area contributed by atoms with Gasteiger partial charge in [0.05, 0.1) is 0 Å². The first-order valence-electron chi connectivity index (χ1n) is 7.94. The Labute approximate surface area is 140 Å². The van der Waals surface area contributed by atoms with Crippen LogP contribution in [0.3, 0.4) is 0 Å². The largest absolute Gasteiger partial charge is 0.369 e. The van der Waals surface area contributed by atoms with Gasteiger partial charge >= 0.3 is 6.03 Å². The maximum absolute atomic E-state index is 12.1. The molecular formula is C16H21ClN4O2. The van der Waals surface area contributed by atoms with Gasteiger partial charge in [-0.3, -0.25) is 4.79 Å². The van der Waals surface area contributed by atoms with Crippen LogP contribution in [0, 0.1) is 0 Å². The molecule has 1 aromatic rings. The van der Waals surface area contributed by atoms with Crippen LogP contribution in [0.15, 0.2) is 24.3 Å². The monoisotopic (exact) mass is 336 g/mol. The van der Waals surface area contributed by atoms with E-state index in [2.05, 4.69) is 20.9 Å². The lowest BCUT2D eigenvalue weighted by Gasteiger charge is -2.24. The van der Waals surface area contributed by atoms with Gasteiger partial charge in [-0.05, 0) is 31.0 Å². The van der Waals surface area contributed by atoms with Crippen molar-refractivity contribution >= 4 is 29.2 Å². The van der Waals surface area contributed by atoms with Crippen LogP contribution in [-0.4, -0.2) is 43.7 Å². The highest BCUT2D eigenvalue weighted by atomic mass is 35.5. The van der Waals surface area contributed by atoms with Crippen LogP contribution in [0.25, 0.3) is 0 Å². The minimum Gasteiger partial charge on any atom is -0.369 e. The van der Waals surface area contributed by atoms with E-state index in [0.29, 0.717) is 19.4 Å². The maximum atomic E-state index is 12.1. The minimum atomic E-state index is -0.163. The number of halogens is 1. The van der Waals surface area contributed by atoms with Crippen LogP contribution in [-0.2, 0) is 4.79 Å². The smallest absolute Gasteiger partial charge is 0.315 e. The zero-order valence-corrected chi connectivity index (χ0v) is 13.6. The summed E-state index contributed by atoms with van der Waals surface area (Å²) in [7, 11) is 0. The molecule has 124 valence electrons. The number of hydrogen-bond donors (Lipinski definition) is 3. The molecule has 1 aromatic carbocycles. The zero-order valence-electron chi connectivity index (χ0n) is 12.8. The van der Waals surface area contributed by atoms with E-state index in [9.17, 15) is 9.59 Å². The number of benzene rings is 1. The molecule has 0 aromatic heterocycles. The highest BCUT2D eigenvalue weighted by Crippen LogP contribution is 2.23. The molecule has 0 bridgehead atoms. The SMILES string of the molecule is O=C1CC[C@H](NC(=O)N[C@@H]2CCN(c3cccc(Cl)c3)C2)CN1. The molecule has 3 rings (SSSR count). The number of piperidine rings is 1. The molecule has 0 aliphatic carbocycles. The molecule has 6 nitrogen and oxygen atoms in total. The summed E-state index contributed by atoms with van der Waals surface area (Å²) in [6.45, 7) is 2.17. The van der Waals surface area contributed by atoms with E-state index in [1.807, 2.05) is 24.3 Å². The van der Waals surface area contributed by atoms with Crippen molar-refractivity contribution in [2.75, 3.05) is 24.5 Å². The Morgan fingerprint density at radius 1 is 1.26 bits per heavy atom. The van der Waals surface area contributed by atoms with Gasteiger partial charge in [0.1, 0.15) is 0 Å². The van der Waals surface area contributed by atoms with Crippen LogP contribution in [0.5, 0.6) is 0 Å². The molecule has 2 saturated heterocycles. The molecular weight excluding hydrogens is 316 g/mol. The number of amides is 3. The number of nitrogens with zero attached hydrogens (tertiary/aromatic N) is 1. The Morgan fingerprint density at radius 3 is 2.83 bits per heavy atom. The molecule has 2 aliphatic rings. The Morgan fingerprint density at radius 2 is 2.09 bits per heavy atom. The van der Waals surface area contributed by atoms with E-state index in [0.717, 1.165) is 30.2 Å². The molecule has 0 saturated carbocycles. The molecule has 3 N–H and O–H groups in total. The number of nitrogens with one attached hydrogen (secondary N) is 3. The van der Waals surface area contributed by atoms with Gasteiger partial charge in [-0.15, -0.1) is 0 Å². The van der Waals surface area contributed by atoms with Gasteiger partial charge in [-0.25, -0.2) is 4.79 Å².